The smallest absolute Gasteiger partial charge is 0.329 e. The number of halogens is 1. The fourth-order valence-corrected chi connectivity index (χ4v) is 1.79. The molecule has 0 spiro atoms. The second kappa shape index (κ2) is 5.34. The Balaban J connectivity index is 2.31. The first-order valence-corrected chi connectivity index (χ1v) is 6.26. The maximum absolute atomic E-state index is 10.6. The van der Waals surface area contributed by atoms with Gasteiger partial charge in [0.25, 0.3) is 0 Å². The third-order valence-electron chi connectivity index (χ3n) is 2.26. The summed E-state index contributed by atoms with van der Waals surface area (Å²) in [5.41, 5.74) is 6.15. The van der Waals surface area contributed by atoms with Gasteiger partial charge in [0.2, 0.25) is 5.82 Å². The van der Waals surface area contributed by atoms with E-state index in [1.54, 1.807) is 0 Å². The SMILES string of the molecule is Cc1ccc(I)c(Oc2ncc([N+](=O)[O-])c(N)n2)c1. The molecule has 1 heterocycles. The third kappa shape index (κ3) is 3.08. The molecule has 8 heteroatoms. The molecule has 1 aromatic heterocycles. The number of aromatic nitrogens is 2. The molecule has 0 saturated carbocycles. The highest BCUT2D eigenvalue weighted by Gasteiger charge is 2.15. The maximum atomic E-state index is 10.6. The van der Waals surface area contributed by atoms with Gasteiger partial charge in [-0.05, 0) is 47.2 Å². The van der Waals surface area contributed by atoms with Gasteiger partial charge in [0, 0.05) is 0 Å². The molecule has 0 atom stereocenters. The molecule has 1 aromatic carbocycles. The average molecular weight is 372 g/mol. The second-order valence-corrected chi connectivity index (χ2v) is 4.88. The molecule has 0 bridgehead atoms. The van der Waals surface area contributed by atoms with E-state index < -0.39 is 4.92 Å². The van der Waals surface area contributed by atoms with Crippen LogP contribution in [0, 0.1) is 20.6 Å². The number of rotatable bonds is 3. The van der Waals surface area contributed by atoms with Gasteiger partial charge in [0.1, 0.15) is 11.9 Å². The molecule has 0 amide bonds. The van der Waals surface area contributed by atoms with E-state index in [1.807, 2.05) is 25.1 Å². The molecule has 0 saturated heterocycles. The van der Waals surface area contributed by atoms with Crippen LogP contribution < -0.4 is 10.5 Å². The minimum atomic E-state index is -0.643. The Kier molecular flexibility index (Phi) is 3.79. The fourth-order valence-electron chi connectivity index (χ4n) is 1.35. The highest BCUT2D eigenvalue weighted by molar-refractivity contribution is 14.1. The first kappa shape index (κ1) is 13.5. The number of nitrogen functional groups attached to an aromatic ring is 1. The van der Waals surface area contributed by atoms with E-state index in [0.29, 0.717) is 5.75 Å². The molecule has 0 radical (unpaired) electrons. The highest BCUT2D eigenvalue weighted by atomic mass is 127. The van der Waals surface area contributed by atoms with Gasteiger partial charge in [-0.1, -0.05) is 6.07 Å². The van der Waals surface area contributed by atoms with Gasteiger partial charge in [0.05, 0.1) is 8.49 Å². The third-order valence-corrected chi connectivity index (χ3v) is 3.15. The van der Waals surface area contributed by atoms with Crippen LogP contribution in [0.1, 0.15) is 5.56 Å². The highest BCUT2D eigenvalue weighted by Crippen LogP contribution is 2.27. The molecule has 2 aromatic rings. The maximum Gasteiger partial charge on any atom is 0.329 e. The number of hydrogen-bond donors (Lipinski definition) is 1. The largest absolute Gasteiger partial charge is 0.423 e. The molecule has 0 aliphatic carbocycles. The lowest BCUT2D eigenvalue weighted by atomic mass is 10.2. The first-order valence-electron chi connectivity index (χ1n) is 5.18. The lowest BCUT2D eigenvalue weighted by Gasteiger charge is -2.07. The van der Waals surface area contributed by atoms with Crippen molar-refractivity contribution < 1.29 is 9.66 Å². The zero-order valence-electron chi connectivity index (χ0n) is 9.83. The Bertz CT molecular complexity index is 648. The number of nitro groups is 1. The topological polar surface area (TPSA) is 104 Å². The van der Waals surface area contributed by atoms with Crippen molar-refractivity contribution in [1.29, 1.82) is 0 Å². The Hall–Kier alpha value is -1.97. The lowest BCUT2D eigenvalue weighted by Crippen LogP contribution is -2.02. The number of benzene rings is 1. The van der Waals surface area contributed by atoms with E-state index in [1.165, 1.54) is 0 Å². The summed E-state index contributed by atoms with van der Waals surface area (Å²) < 4.78 is 6.35. The number of aryl methyl sites for hydroxylation is 1. The first-order chi connectivity index (χ1) is 8.97. The summed E-state index contributed by atoms with van der Waals surface area (Å²) >= 11 is 2.11. The summed E-state index contributed by atoms with van der Waals surface area (Å²) in [4.78, 5) is 17.5. The lowest BCUT2D eigenvalue weighted by molar-refractivity contribution is -0.384. The van der Waals surface area contributed by atoms with Crippen molar-refractivity contribution >= 4 is 34.1 Å². The van der Waals surface area contributed by atoms with E-state index in [9.17, 15) is 10.1 Å². The van der Waals surface area contributed by atoms with E-state index >= 15 is 0 Å². The van der Waals surface area contributed by atoms with E-state index in [4.69, 9.17) is 10.5 Å². The molecule has 0 aliphatic heterocycles. The van der Waals surface area contributed by atoms with Crippen LogP contribution in [0.2, 0.25) is 0 Å². The van der Waals surface area contributed by atoms with Crippen LogP contribution in [0.3, 0.4) is 0 Å². The van der Waals surface area contributed by atoms with Crippen LogP contribution in [0.15, 0.2) is 24.4 Å². The number of anilines is 1. The molecule has 0 fully saturated rings. The molecule has 19 heavy (non-hydrogen) atoms. The van der Waals surface area contributed by atoms with Gasteiger partial charge in [-0.3, -0.25) is 10.1 Å². The van der Waals surface area contributed by atoms with Gasteiger partial charge >= 0.3 is 11.7 Å². The normalized spacial score (nSPS) is 10.2. The number of nitrogens with two attached hydrogens (primary N) is 1. The van der Waals surface area contributed by atoms with Crippen LogP contribution >= 0.6 is 22.6 Å². The summed E-state index contributed by atoms with van der Waals surface area (Å²) in [5.74, 6) is 0.353. The summed E-state index contributed by atoms with van der Waals surface area (Å²) in [5, 5.41) is 10.6. The molecule has 7 nitrogen and oxygen atoms in total. The molecule has 98 valence electrons. The standard InChI is InChI=1S/C11H9IN4O3/c1-6-2-3-7(12)9(4-6)19-11-14-5-8(16(17)18)10(13)15-11/h2-5H,1H3,(H2,13,14,15). The van der Waals surface area contributed by atoms with Gasteiger partial charge in [0.15, 0.2) is 0 Å². The fraction of sp³-hybridized carbons (Fsp3) is 0.0909. The summed E-state index contributed by atoms with van der Waals surface area (Å²) in [6.07, 6.45) is 1.03. The van der Waals surface area contributed by atoms with Crippen LogP contribution in [-0.4, -0.2) is 14.9 Å². The van der Waals surface area contributed by atoms with E-state index in [2.05, 4.69) is 32.6 Å². The van der Waals surface area contributed by atoms with Crippen LogP contribution in [0.25, 0.3) is 0 Å². The van der Waals surface area contributed by atoms with Crippen molar-refractivity contribution in [3.05, 3.63) is 43.6 Å². The summed E-state index contributed by atoms with van der Waals surface area (Å²) in [6.45, 7) is 1.92. The molecule has 2 N–H and O–H groups in total. The monoisotopic (exact) mass is 372 g/mol. The Labute approximate surface area is 122 Å². The Morgan fingerprint density at radius 3 is 2.84 bits per heavy atom. The predicted molar refractivity (Wildman–Crippen MR) is 77.1 cm³/mol. The Morgan fingerprint density at radius 2 is 2.21 bits per heavy atom. The minimum Gasteiger partial charge on any atom is -0.423 e. The van der Waals surface area contributed by atoms with Gasteiger partial charge in [-0.25, -0.2) is 0 Å². The molecule has 2 rings (SSSR count). The van der Waals surface area contributed by atoms with Gasteiger partial charge in [-0.15, -0.1) is 0 Å². The molecular formula is C11H9IN4O3. The zero-order chi connectivity index (χ0) is 14.0. The predicted octanol–water partition coefficient (Wildman–Crippen LogP) is 2.67. The molecular weight excluding hydrogens is 363 g/mol. The van der Waals surface area contributed by atoms with Crippen molar-refractivity contribution in [3.63, 3.8) is 0 Å². The molecule has 0 aliphatic rings. The van der Waals surface area contributed by atoms with Gasteiger partial charge < -0.3 is 10.5 Å². The van der Waals surface area contributed by atoms with Crippen LogP contribution in [-0.2, 0) is 0 Å². The van der Waals surface area contributed by atoms with Crippen molar-refractivity contribution in [3.8, 4) is 11.8 Å². The second-order valence-electron chi connectivity index (χ2n) is 3.72. The van der Waals surface area contributed by atoms with E-state index in [-0.39, 0.29) is 17.5 Å². The Morgan fingerprint density at radius 1 is 1.47 bits per heavy atom. The average Bonchev–Trinajstić information content (AvgIpc) is 2.33. The van der Waals surface area contributed by atoms with Crippen LogP contribution in [0.5, 0.6) is 11.8 Å². The summed E-state index contributed by atoms with van der Waals surface area (Å²) in [7, 11) is 0. The van der Waals surface area contributed by atoms with Gasteiger partial charge in [-0.2, -0.15) is 9.97 Å². The quantitative estimate of drug-likeness (QED) is 0.505. The molecule has 0 unspecified atom stereocenters. The van der Waals surface area contributed by atoms with Crippen molar-refractivity contribution in [2.75, 3.05) is 5.73 Å². The van der Waals surface area contributed by atoms with Crippen molar-refractivity contribution in [1.82, 2.24) is 9.97 Å². The van der Waals surface area contributed by atoms with Crippen molar-refractivity contribution in [2.45, 2.75) is 6.92 Å². The minimum absolute atomic E-state index is 0.0217. The number of hydrogen-bond acceptors (Lipinski definition) is 6. The van der Waals surface area contributed by atoms with E-state index in [0.717, 1.165) is 15.3 Å². The summed E-state index contributed by atoms with van der Waals surface area (Å²) in [6, 6.07) is 5.63. The number of ether oxygens (including phenoxy) is 1. The number of nitrogens with zero attached hydrogens (tertiary/aromatic N) is 3. The van der Waals surface area contributed by atoms with Crippen LogP contribution in [0.4, 0.5) is 11.5 Å². The zero-order valence-corrected chi connectivity index (χ0v) is 12.0. The van der Waals surface area contributed by atoms with Crippen molar-refractivity contribution in [2.24, 2.45) is 0 Å².